The first-order valence-corrected chi connectivity index (χ1v) is 13.6. The second-order valence-corrected chi connectivity index (χ2v) is 11.5. The maximum atomic E-state index is 13.4. The summed E-state index contributed by atoms with van der Waals surface area (Å²) in [5, 5.41) is -0.339. The lowest BCUT2D eigenvalue weighted by Gasteiger charge is -2.34. The van der Waals surface area contributed by atoms with Crippen molar-refractivity contribution in [3.8, 4) is 17.3 Å². The van der Waals surface area contributed by atoms with Crippen molar-refractivity contribution in [1.29, 1.82) is 0 Å². The first kappa shape index (κ1) is 26.3. The van der Waals surface area contributed by atoms with Crippen LogP contribution in [0.5, 0.6) is 5.88 Å². The minimum Gasteiger partial charge on any atom is -0.478 e. The highest BCUT2D eigenvalue weighted by atomic mass is 32.2. The zero-order chi connectivity index (χ0) is 27.0. The van der Waals surface area contributed by atoms with Gasteiger partial charge in [0.1, 0.15) is 11.6 Å². The van der Waals surface area contributed by atoms with Crippen molar-refractivity contribution in [1.82, 2.24) is 19.7 Å². The van der Waals surface area contributed by atoms with Gasteiger partial charge in [-0.2, -0.15) is 8.42 Å². The van der Waals surface area contributed by atoms with Crippen LogP contribution in [0.2, 0.25) is 0 Å². The molecule has 1 aliphatic rings. The van der Waals surface area contributed by atoms with Crippen LogP contribution in [0, 0.1) is 12.8 Å². The Balaban J connectivity index is 1.78. The standard InChI is InChI=1S/C26H32N6O4S/c1-6-36-25-17(3)10-12-20(29-25)19-13-11-18(23(28-19)32-15-16(2)14-26(32,4)5)24(33)31-37(34,35)22-9-7-8-21(27)30-22/h7-13,16H,6,14-15H2,1-5H3,(H2,27,30)(H,31,33). The van der Waals surface area contributed by atoms with Crippen molar-refractivity contribution >= 4 is 27.6 Å². The van der Waals surface area contributed by atoms with Crippen LogP contribution in [0.4, 0.5) is 11.6 Å². The Kier molecular flexibility index (Phi) is 7.09. The van der Waals surface area contributed by atoms with Gasteiger partial charge in [0.2, 0.25) is 5.88 Å². The van der Waals surface area contributed by atoms with Gasteiger partial charge in [-0.25, -0.2) is 19.7 Å². The number of hydrogen-bond donors (Lipinski definition) is 2. The molecular weight excluding hydrogens is 492 g/mol. The van der Waals surface area contributed by atoms with Crippen LogP contribution in [0.3, 0.4) is 0 Å². The molecule has 0 aliphatic carbocycles. The zero-order valence-electron chi connectivity index (χ0n) is 21.6. The number of aromatic nitrogens is 3. The fourth-order valence-electron chi connectivity index (χ4n) is 4.68. The number of sulfonamides is 1. The summed E-state index contributed by atoms with van der Waals surface area (Å²) < 4.78 is 33.6. The summed E-state index contributed by atoms with van der Waals surface area (Å²) in [5.74, 6) is 0.493. The molecular formula is C26H32N6O4S. The number of rotatable bonds is 7. The summed E-state index contributed by atoms with van der Waals surface area (Å²) in [6, 6.07) is 11.2. The summed E-state index contributed by atoms with van der Waals surface area (Å²) >= 11 is 0. The maximum Gasteiger partial charge on any atom is 0.281 e. The molecule has 37 heavy (non-hydrogen) atoms. The number of hydrogen-bond acceptors (Lipinski definition) is 9. The van der Waals surface area contributed by atoms with E-state index in [4.69, 9.17) is 15.5 Å². The molecule has 0 aromatic carbocycles. The molecule has 3 aromatic rings. The Bertz CT molecular complexity index is 1440. The number of aryl methyl sites for hydroxylation is 1. The number of ether oxygens (including phenoxy) is 1. The minimum atomic E-state index is -4.25. The summed E-state index contributed by atoms with van der Waals surface area (Å²) in [5.41, 5.74) is 7.50. The maximum absolute atomic E-state index is 13.4. The number of anilines is 2. The molecule has 11 heteroatoms. The Labute approximate surface area is 217 Å². The monoisotopic (exact) mass is 524 g/mol. The number of nitrogen functional groups attached to an aromatic ring is 1. The lowest BCUT2D eigenvalue weighted by Crippen LogP contribution is -2.41. The average molecular weight is 525 g/mol. The molecule has 0 bridgehead atoms. The van der Waals surface area contributed by atoms with Gasteiger partial charge in [0.25, 0.3) is 15.9 Å². The number of nitrogens with two attached hydrogens (primary N) is 1. The lowest BCUT2D eigenvalue weighted by molar-refractivity contribution is 0.0981. The van der Waals surface area contributed by atoms with Gasteiger partial charge >= 0.3 is 0 Å². The van der Waals surface area contributed by atoms with Crippen LogP contribution in [-0.4, -0.2) is 48.0 Å². The Morgan fingerprint density at radius 3 is 2.49 bits per heavy atom. The fourth-order valence-corrected chi connectivity index (χ4v) is 5.62. The molecule has 1 amide bonds. The Morgan fingerprint density at radius 2 is 1.84 bits per heavy atom. The van der Waals surface area contributed by atoms with Crippen LogP contribution >= 0.6 is 0 Å². The smallest absolute Gasteiger partial charge is 0.281 e. The second-order valence-electron chi connectivity index (χ2n) is 9.89. The summed E-state index contributed by atoms with van der Waals surface area (Å²) in [6.07, 6.45) is 0.892. The predicted octanol–water partition coefficient (Wildman–Crippen LogP) is 3.57. The number of pyridine rings is 3. The molecule has 1 atom stereocenters. The van der Waals surface area contributed by atoms with Gasteiger partial charge < -0.3 is 15.4 Å². The highest BCUT2D eigenvalue weighted by molar-refractivity contribution is 7.90. The van der Waals surface area contributed by atoms with E-state index in [0.29, 0.717) is 42.2 Å². The molecule has 0 radical (unpaired) electrons. The molecule has 1 saturated heterocycles. The number of carbonyl (C=O) groups excluding carboxylic acids is 1. The molecule has 1 unspecified atom stereocenters. The molecule has 0 spiro atoms. The van der Waals surface area contributed by atoms with E-state index < -0.39 is 15.9 Å². The number of nitrogens with one attached hydrogen (secondary N) is 1. The predicted molar refractivity (Wildman–Crippen MR) is 142 cm³/mol. The van der Waals surface area contributed by atoms with Gasteiger partial charge in [-0.1, -0.05) is 19.1 Å². The van der Waals surface area contributed by atoms with Crippen LogP contribution in [0.25, 0.3) is 11.4 Å². The van der Waals surface area contributed by atoms with E-state index in [0.717, 1.165) is 12.0 Å². The third kappa shape index (κ3) is 5.51. The fraction of sp³-hybridized carbons (Fsp3) is 0.385. The van der Waals surface area contributed by atoms with Gasteiger partial charge in [-0.05, 0) is 70.4 Å². The van der Waals surface area contributed by atoms with E-state index >= 15 is 0 Å². The number of nitrogens with zero attached hydrogens (tertiary/aromatic N) is 4. The van der Waals surface area contributed by atoms with Crippen molar-refractivity contribution in [3.05, 3.63) is 53.6 Å². The van der Waals surface area contributed by atoms with Crippen molar-refractivity contribution in [2.24, 2.45) is 5.92 Å². The first-order valence-electron chi connectivity index (χ1n) is 12.1. The van der Waals surface area contributed by atoms with Gasteiger partial charge in [0.15, 0.2) is 5.03 Å². The molecule has 3 N–H and O–H groups in total. The van der Waals surface area contributed by atoms with Gasteiger partial charge in [0, 0.05) is 17.6 Å². The van der Waals surface area contributed by atoms with E-state index in [9.17, 15) is 13.2 Å². The first-order chi connectivity index (χ1) is 17.4. The molecule has 4 heterocycles. The highest BCUT2D eigenvalue weighted by Crippen LogP contribution is 2.38. The molecule has 3 aromatic heterocycles. The van der Waals surface area contributed by atoms with Gasteiger partial charge in [0.05, 0.1) is 23.6 Å². The summed E-state index contributed by atoms with van der Waals surface area (Å²) in [4.78, 5) is 28.7. The Morgan fingerprint density at radius 1 is 1.14 bits per heavy atom. The van der Waals surface area contributed by atoms with E-state index in [2.05, 4.69) is 40.4 Å². The van der Waals surface area contributed by atoms with E-state index in [1.54, 1.807) is 12.1 Å². The second kappa shape index (κ2) is 9.97. The topological polar surface area (TPSA) is 140 Å². The van der Waals surface area contributed by atoms with Crippen molar-refractivity contribution in [2.45, 2.75) is 51.6 Å². The SMILES string of the molecule is CCOc1nc(-c2ccc(C(=O)NS(=O)(=O)c3cccc(N)n3)c(N3CC(C)CC3(C)C)n2)ccc1C. The van der Waals surface area contributed by atoms with Crippen molar-refractivity contribution in [3.63, 3.8) is 0 Å². The largest absolute Gasteiger partial charge is 0.478 e. The third-order valence-electron chi connectivity index (χ3n) is 6.29. The highest BCUT2D eigenvalue weighted by Gasteiger charge is 2.39. The zero-order valence-corrected chi connectivity index (χ0v) is 22.5. The van der Waals surface area contributed by atoms with E-state index in [1.807, 2.05) is 26.0 Å². The third-order valence-corrected chi connectivity index (χ3v) is 7.52. The molecule has 0 saturated carbocycles. The van der Waals surface area contributed by atoms with Gasteiger partial charge in [-0.15, -0.1) is 0 Å². The minimum absolute atomic E-state index is 0.0341. The van der Waals surface area contributed by atoms with E-state index in [-0.39, 0.29) is 21.9 Å². The van der Waals surface area contributed by atoms with Crippen molar-refractivity contribution in [2.75, 3.05) is 23.8 Å². The van der Waals surface area contributed by atoms with Crippen LogP contribution in [-0.2, 0) is 10.0 Å². The van der Waals surface area contributed by atoms with Crippen LogP contribution in [0.15, 0.2) is 47.5 Å². The normalized spacial score (nSPS) is 17.0. The van der Waals surface area contributed by atoms with Gasteiger partial charge in [-0.3, -0.25) is 4.79 Å². The molecule has 1 fully saturated rings. The quantitative estimate of drug-likeness (QED) is 0.474. The Hall–Kier alpha value is -3.73. The molecule has 196 valence electrons. The molecule has 4 rings (SSSR count). The van der Waals surface area contributed by atoms with Crippen LogP contribution < -0.4 is 20.1 Å². The summed E-state index contributed by atoms with van der Waals surface area (Å²) in [6.45, 7) is 11.2. The lowest BCUT2D eigenvalue weighted by atomic mass is 9.97. The number of carbonyl (C=O) groups is 1. The average Bonchev–Trinajstić information content (AvgIpc) is 3.11. The summed E-state index contributed by atoms with van der Waals surface area (Å²) in [7, 11) is -4.25. The van der Waals surface area contributed by atoms with Crippen molar-refractivity contribution < 1.29 is 17.9 Å². The number of amides is 1. The van der Waals surface area contributed by atoms with Crippen LogP contribution in [0.1, 0.15) is 50.0 Å². The van der Waals surface area contributed by atoms with E-state index in [1.165, 1.54) is 18.2 Å². The molecule has 10 nitrogen and oxygen atoms in total. The molecule has 1 aliphatic heterocycles.